The zero-order valence-electron chi connectivity index (χ0n) is 13.3. The maximum absolute atomic E-state index is 12.6. The highest BCUT2D eigenvalue weighted by Gasteiger charge is 2.31. The molecule has 1 atom stereocenters. The van der Waals surface area contributed by atoms with E-state index in [-0.39, 0.29) is 22.4 Å². The summed E-state index contributed by atoms with van der Waals surface area (Å²) in [6.45, 7) is 2.17. The number of fused-ring (bicyclic) bond motifs is 1. The second-order valence-corrected chi connectivity index (χ2v) is 9.14. The molecule has 1 saturated heterocycles. The van der Waals surface area contributed by atoms with Crippen molar-refractivity contribution in [3.05, 3.63) is 16.0 Å². The Morgan fingerprint density at radius 3 is 2.96 bits per heavy atom. The van der Waals surface area contributed by atoms with Crippen LogP contribution in [0, 0.1) is 0 Å². The Labute approximate surface area is 145 Å². The fourth-order valence-corrected chi connectivity index (χ4v) is 6.12. The maximum atomic E-state index is 12.6. The first-order valence-corrected chi connectivity index (χ1v) is 10.5. The van der Waals surface area contributed by atoms with Gasteiger partial charge in [-0.05, 0) is 44.2 Å². The number of hydrogen-bond donors (Lipinski definition) is 3. The van der Waals surface area contributed by atoms with Gasteiger partial charge in [0.15, 0.2) is 0 Å². The van der Waals surface area contributed by atoms with Crippen LogP contribution in [0.2, 0.25) is 0 Å². The molecular weight excluding hydrogens is 352 g/mol. The summed E-state index contributed by atoms with van der Waals surface area (Å²) in [5.74, 6) is -1.18. The van der Waals surface area contributed by atoms with Gasteiger partial charge in [0.05, 0.1) is 11.7 Å². The van der Waals surface area contributed by atoms with Crippen LogP contribution in [0.15, 0.2) is 4.21 Å². The molecule has 2 aliphatic heterocycles. The van der Waals surface area contributed by atoms with E-state index in [1.54, 1.807) is 0 Å². The zero-order chi connectivity index (χ0) is 17.2. The SMILES string of the molecule is O=C(O)c1c(S(=O)(=O)NCC[C@@H]2CCCCO2)sc2c1CCNC2. The van der Waals surface area contributed by atoms with Gasteiger partial charge in [0.1, 0.15) is 4.21 Å². The molecule has 7 nitrogen and oxygen atoms in total. The van der Waals surface area contributed by atoms with Gasteiger partial charge in [-0.3, -0.25) is 0 Å². The Hall–Kier alpha value is -1.00. The molecule has 0 bridgehead atoms. The third-order valence-corrected chi connectivity index (χ3v) is 7.60. The number of aromatic carboxylic acids is 1. The Morgan fingerprint density at radius 1 is 1.42 bits per heavy atom. The molecule has 0 saturated carbocycles. The minimum atomic E-state index is -3.83. The first-order valence-electron chi connectivity index (χ1n) is 8.19. The van der Waals surface area contributed by atoms with Crippen molar-refractivity contribution < 1.29 is 23.1 Å². The molecule has 0 radical (unpaired) electrons. The van der Waals surface area contributed by atoms with E-state index in [0.717, 1.165) is 42.1 Å². The number of thiophene rings is 1. The number of carboxylic acid groups (broad SMARTS) is 1. The van der Waals surface area contributed by atoms with Gasteiger partial charge < -0.3 is 15.2 Å². The van der Waals surface area contributed by atoms with Crippen molar-refractivity contribution in [1.29, 1.82) is 0 Å². The van der Waals surface area contributed by atoms with E-state index in [9.17, 15) is 18.3 Å². The summed E-state index contributed by atoms with van der Waals surface area (Å²) in [5, 5.41) is 12.6. The molecule has 2 aliphatic rings. The van der Waals surface area contributed by atoms with Crippen LogP contribution in [0.25, 0.3) is 0 Å². The number of rotatable bonds is 6. The molecule has 0 spiro atoms. The van der Waals surface area contributed by atoms with Crippen LogP contribution in [0.4, 0.5) is 0 Å². The number of carbonyl (C=O) groups is 1. The molecule has 3 heterocycles. The van der Waals surface area contributed by atoms with E-state index in [1.165, 1.54) is 0 Å². The predicted octanol–water partition coefficient (Wildman–Crippen LogP) is 1.33. The predicted molar refractivity (Wildman–Crippen MR) is 90.1 cm³/mol. The Balaban J connectivity index is 1.74. The van der Waals surface area contributed by atoms with Crippen LogP contribution in [0.3, 0.4) is 0 Å². The molecule has 1 fully saturated rings. The molecule has 0 unspecified atom stereocenters. The Bertz CT molecular complexity index is 708. The van der Waals surface area contributed by atoms with Gasteiger partial charge in [-0.15, -0.1) is 11.3 Å². The topological polar surface area (TPSA) is 105 Å². The van der Waals surface area contributed by atoms with E-state index < -0.39 is 16.0 Å². The van der Waals surface area contributed by atoms with Gasteiger partial charge in [-0.1, -0.05) is 0 Å². The van der Waals surface area contributed by atoms with Gasteiger partial charge in [0.25, 0.3) is 10.0 Å². The average Bonchev–Trinajstić information content (AvgIpc) is 2.96. The maximum Gasteiger partial charge on any atom is 0.338 e. The van der Waals surface area contributed by atoms with Crippen LogP contribution in [-0.2, 0) is 27.7 Å². The van der Waals surface area contributed by atoms with E-state index >= 15 is 0 Å². The van der Waals surface area contributed by atoms with Crippen molar-refractivity contribution in [2.75, 3.05) is 19.7 Å². The summed E-state index contributed by atoms with van der Waals surface area (Å²) in [5.41, 5.74) is 0.597. The van der Waals surface area contributed by atoms with Crippen LogP contribution < -0.4 is 10.0 Å². The molecule has 1 aromatic heterocycles. The van der Waals surface area contributed by atoms with Crippen molar-refractivity contribution in [3.8, 4) is 0 Å². The van der Waals surface area contributed by atoms with Crippen LogP contribution >= 0.6 is 11.3 Å². The molecule has 134 valence electrons. The fourth-order valence-electron chi connectivity index (χ4n) is 3.17. The Morgan fingerprint density at radius 2 is 2.25 bits per heavy atom. The normalized spacial score (nSPS) is 21.4. The summed E-state index contributed by atoms with van der Waals surface area (Å²) in [7, 11) is -3.83. The molecule has 0 aromatic carbocycles. The van der Waals surface area contributed by atoms with Gasteiger partial charge in [0.2, 0.25) is 0 Å². The average molecular weight is 374 g/mol. The summed E-state index contributed by atoms with van der Waals surface area (Å²) in [6, 6.07) is 0. The van der Waals surface area contributed by atoms with Crippen LogP contribution in [0.5, 0.6) is 0 Å². The molecule has 0 aliphatic carbocycles. The first kappa shape index (κ1) is 17.8. The van der Waals surface area contributed by atoms with E-state index in [4.69, 9.17) is 4.74 Å². The van der Waals surface area contributed by atoms with Crippen molar-refractivity contribution in [2.24, 2.45) is 0 Å². The fraction of sp³-hybridized carbons (Fsp3) is 0.667. The van der Waals surface area contributed by atoms with E-state index in [1.807, 2.05) is 0 Å². The summed E-state index contributed by atoms with van der Waals surface area (Å²) >= 11 is 1.06. The highest BCUT2D eigenvalue weighted by atomic mass is 32.2. The van der Waals surface area contributed by atoms with Gasteiger partial charge >= 0.3 is 5.97 Å². The number of sulfonamides is 1. The monoisotopic (exact) mass is 374 g/mol. The quantitative estimate of drug-likeness (QED) is 0.694. The highest BCUT2D eigenvalue weighted by Crippen LogP contribution is 2.34. The number of ether oxygens (including phenoxy) is 1. The standard InChI is InChI=1S/C15H22N2O5S2/c18-14(19)13-11-5-6-16-9-12(11)23-15(13)24(20,21)17-7-4-10-3-1-2-8-22-10/h10,16-17H,1-9H2,(H,18,19)/t10-/m0/s1. The van der Waals surface area contributed by atoms with Crippen molar-refractivity contribution in [2.45, 2.75) is 49.0 Å². The molecule has 0 amide bonds. The lowest BCUT2D eigenvalue weighted by Gasteiger charge is -2.22. The number of nitrogens with one attached hydrogen (secondary N) is 2. The highest BCUT2D eigenvalue weighted by molar-refractivity contribution is 7.91. The van der Waals surface area contributed by atoms with Crippen molar-refractivity contribution in [3.63, 3.8) is 0 Å². The van der Waals surface area contributed by atoms with Gasteiger partial charge in [-0.25, -0.2) is 17.9 Å². The Kier molecular flexibility index (Phi) is 5.56. The summed E-state index contributed by atoms with van der Waals surface area (Å²) in [4.78, 5) is 12.4. The molecular formula is C15H22N2O5S2. The minimum absolute atomic E-state index is 0.0575. The molecule has 3 rings (SSSR count). The minimum Gasteiger partial charge on any atom is -0.478 e. The first-order chi connectivity index (χ1) is 11.5. The van der Waals surface area contributed by atoms with Crippen LogP contribution in [0.1, 0.15) is 46.5 Å². The summed E-state index contributed by atoms with van der Waals surface area (Å²) < 4.78 is 33.2. The lowest BCUT2D eigenvalue weighted by Crippen LogP contribution is -2.30. The number of hydrogen-bond acceptors (Lipinski definition) is 6. The lowest BCUT2D eigenvalue weighted by atomic mass is 10.1. The third-order valence-electron chi connectivity index (χ3n) is 4.39. The lowest BCUT2D eigenvalue weighted by molar-refractivity contribution is 0.0123. The van der Waals surface area contributed by atoms with Crippen molar-refractivity contribution in [1.82, 2.24) is 10.0 Å². The molecule has 1 aromatic rings. The number of carboxylic acids is 1. The molecule has 9 heteroatoms. The van der Waals surface area contributed by atoms with Gasteiger partial charge in [-0.2, -0.15) is 0 Å². The van der Waals surface area contributed by atoms with Crippen LogP contribution in [-0.4, -0.2) is 45.3 Å². The third kappa shape index (κ3) is 3.80. The zero-order valence-corrected chi connectivity index (χ0v) is 15.0. The second kappa shape index (κ2) is 7.49. The largest absolute Gasteiger partial charge is 0.478 e. The smallest absolute Gasteiger partial charge is 0.338 e. The van der Waals surface area contributed by atoms with Gasteiger partial charge in [0, 0.05) is 24.6 Å². The summed E-state index contributed by atoms with van der Waals surface area (Å²) in [6.07, 6.45) is 4.33. The second-order valence-electron chi connectivity index (χ2n) is 6.07. The van der Waals surface area contributed by atoms with E-state index in [0.29, 0.717) is 31.5 Å². The molecule has 24 heavy (non-hydrogen) atoms. The van der Waals surface area contributed by atoms with E-state index in [2.05, 4.69) is 10.0 Å². The van der Waals surface area contributed by atoms with Crippen molar-refractivity contribution >= 4 is 27.3 Å². The molecule has 3 N–H and O–H groups in total.